The van der Waals surface area contributed by atoms with Crippen molar-refractivity contribution < 1.29 is 24.1 Å². The van der Waals surface area contributed by atoms with Crippen molar-refractivity contribution in [2.24, 2.45) is 34.5 Å². The summed E-state index contributed by atoms with van der Waals surface area (Å²) in [6.45, 7) is 10.8. The predicted molar refractivity (Wildman–Crippen MR) is 110 cm³/mol. The molecule has 5 heteroatoms. The SMILES string of the molecule is COCC1=CC2C3C(C)(C)C3(OC)C(OC)[C@@H](C)C2(O)C2C=C(C)C(=O)[C@]2(C)C1. The average Bonchev–Trinajstić information content (AvgIpc) is 3.10. The first kappa shape index (κ1) is 21.2. The molecule has 0 aromatic rings. The normalized spacial score (nSPS) is 50.1. The van der Waals surface area contributed by atoms with Crippen LogP contribution in [0.25, 0.3) is 0 Å². The highest BCUT2D eigenvalue weighted by molar-refractivity contribution is 6.02. The second kappa shape index (κ2) is 6.25. The molecule has 0 aromatic carbocycles. The van der Waals surface area contributed by atoms with Gasteiger partial charge in [-0.05, 0) is 24.5 Å². The fourth-order valence-corrected chi connectivity index (χ4v) is 7.85. The monoisotopic (exact) mass is 404 g/mol. The number of fused-ring (bicyclic) bond motifs is 5. The van der Waals surface area contributed by atoms with E-state index in [1.54, 1.807) is 21.3 Å². The Morgan fingerprint density at radius 1 is 1.17 bits per heavy atom. The highest BCUT2D eigenvalue weighted by Crippen LogP contribution is 2.77. The molecular weight excluding hydrogens is 368 g/mol. The van der Waals surface area contributed by atoms with E-state index >= 15 is 0 Å². The zero-order chi connectivity index (χ0) is 21.6. The van der Waals surface area contributed by atoms with Crippen molar-refractivity contribution >= 4 is 5.78 Å². The first-order chi connectivity index (χ1) is 13.5. The maximum absolute atomic E-state index is 13.3. The lowest BCUT2D eigenvalue weighted by molar-refractivity contribution is -0.212. The van der Waals surface area contributed by atoms with Gasteiger partial charge in [0.05, 0.1) is 18.3 Å². The lowest BCUT2D eigenvalue weighted by Crippen LogP contribution is -2.64. The molecule has 0 bridgehead atoms. The summed E-state index contributed by atoms with van der Waals surface area (Å²) in [5.41, 5.74) is -0.524. The maximum atomic E-state index is 13.3. The average molecular weight is 405 g/mol. The standard InChI is InChI=1S/C24H36O5/c1-13-9-17-22(5,19(13)25)11-15(12-27-6)10-16-18-21(3,4)24(18,29-8)20(28-7)14(2)23(16,17)26/h9-10,14,16-18,20,26H,11-12H2,1-8H3/t14-,16?,17?,18?,20?,22-,23?,24?/m1/s1. The van der Waals surface area contributed by atoms with Crippen LogP contribution >= 0.6 is 0 Å². The number of allylic oxidation sites excluding steroid dienone is 1. The van der Waals surface area contributed by atoms with Crippen molar-refractivity contribution in [3.63, 3.8) is 0 Å². The fraction of sp³-hybridized carbons (Fsp3) is 0.792. The van der Waals surface area contributed by atoms with Crippen LogP contribution in [0.15, 0.2) is 23.3 Å². The summed E-state index contributed by atoms with van der Waals surface area (Å²) in [7, 11) is 5.15. The summed E-state index contributed by atoms with van der Waals surface area (Å²) in [6, 6.07) is 0. The van der Waals surface area contributed by atoms with Gasteiger partial charge < -0.3 is 19.3 Å². The minimum Gasteiger partial charge on any atom is -0.388 e. The number of carbonyl (C=O) groups excluding carboxylic acids is 1. The lowest BCUT2D eigenvalue weighted by atomic mass is 9.56. The second-order valence-electron chi connectivity index (χ2n) is 10.6. The van der Waals surface area contributed by atoms with Crippen molar-refractivity contribution in [3.05, 3.63) is 23.3 Å². The van der Waals surface area contributed by atoms with Gasteiger partial charge in [-0.1, -0.05) is 39.8 Å². The number of methoxy groups -OCH3 is 3. The largest absolute Gasteiger partial charge is 0.388 e. The van der Waals surface area contributed by atoms with Crippen LogP contribution in [0.2, 0.25) is 0 Å². The Balaban J connectivity index is 1.96. The minimum atomic E-state index is -1.10. The number of aliphatic hydroxyl groups is 1. The van der Waals surface area contributed by atoms with Gasteiger partial charge in [-0.3, -0.25) is 4.79 Å². The third-order valence-electron chi connectivity index (χ3n) is 9.07. The summed E-state index contributed by atoms with van der Waals surface area (Å²) >= 11 is 0. The summed E-state index contributed by atoms with van der Waals surface area (Å²) in [6.07, 6.45) is 4.59. The van der Waals surface area contributed by atoms with Crippen LogP contribution in [0.4, 0.5) is 0 Å². The highest BCUT2D eigenvalue weighted by atomic mass is 16.5. The van der Waals surface area contributed by atoms with Crippen molar-refractivity contribution in [2.75, 3.05) is 27.9 Å². The molecule has 8 atom stereocenters. The Hall–Kier alpha value is -1.01. The number of hydrogen-bond donors (Lipinski definition) is 1. The maximum Gasteiger partial charge on any atom is 0.165 e. The Bertz CT molecular complexity index is 797. The van der Waals surface area contributed by atoms with Crippen molar-refractivity contribution in [2.45, 2.75) is 58.3 Å². The van der Waals surface area contributed by atoms with E-state index in [9.17, 15) is 9.90 Å². The number of ketones is 1. The first-order valence-corrected chi connectivity index (χ1v) is 10.7. The smallest absolute Gasteiger partial charge is 0.165 e. The third kappa shape index (κ3) is 2.23. The van der Waals surface area contributed by atoms with E-state index in [0.717, 1.165) is 11.1 Å². The van der Waals surface area contributed by atoms with Gasteiger partial charge in [-0.2, -0.15) is 0 Å². The predicted octanol–water partition coefficient (Wildman–Crippen LogP) is 3.17. The van der Waals surface area contributed by atoms with E-state index < -0.39 is 16.6 Å². The molecule has 0 spiro atoms. The molecule has 162 valence electrons. The number of Topliss-reactive ketones (excluding diaryl/α,β-unsaturated/α-hetero) is 1. The molecule has 2 fully saturated rings. The molecule has 0 amide bonds. The van der Waals surface area contributed by atoms with Crippen LogP contribution in [-0.2, 0) is 19.0 Å². The number of carbonyl (C=O) groups is 1. The Labute approximate surface area is 174 Å². The van der Waals surface area contributed by atoms with Crippen LogP contribution in [0.1, 0.15) is 41.0 Å². The van der Waals surface area contributed by atoms with Crippen LogP contribution in [0.5, 0.6) is 0 Å². The van der Waals surface area contributed by atoms with Crippen molar-refractivity contribution in [3.8, 4) is 0 Å². The molecule has 1 N–H and O–H groups in total. The van der Waals surface area contributed by atoms with E-state index in [4.69, 9.17) is 14.2 Å². The van der Waals surface area contributed by atoms with Gasteiger partial charge in [0.15, 0.2) is 5.78 Å². The summed E-state index contributed by atoms with van der Waals surface area (Å²) in [5.74, 6) is -0.362. The molecule has 6 unspecified atom stereocenters. The van der Waals surface area contributed by atoms with Crippen LogP contribution in [-0.4, -0.2) is 56.1 Å². The molecule has 4 rings (SSSR count). The van der Waals surface area contributed by atoms with Crippen LogP contribution in [0, 0.1) is 34.5 Å². The van der Waals surface area contributed by atoms with Gasteiger partial charge in [0.2, 0.25) is 0 Å². The zero-order valence-electron chi connectivity index (χ0n) is 19.0. The summed E-state index contributed by atoms with van der Waals surface area (Å²) < 4.78 is 17.7. The van der Waals surface area contributed by atoms with Gasteiger partial charge in [-0.15, -0.1) is 0 Å². The minimum absolute atomic E-state index is 0.102. The number of ether oxygens (including phenoxy) is 3. The molecule has 0 saturated heterocycles. The molecule has 0 aliphatic heterocycles. The Kier molecular flexibility index (Phi) is 4.58. The molecule has 4 aliphatic carbocycles. The van der Waals surface area contributed by atoms with E-state index in [0.29, 0.717) is 13.0 Å². The third-order valence-corrected chi connectivity index (χ3v) is 9.07. The highest BCUT2D eigenvalue weighted by Gasteiger charge is 2.85. The zero-order valence-corrected chi connectivity index (χ0v) is 19.0. The molecule has 0 aromatic heterocycles. The van der Waals surface area contributed by atoms with Gasteiger partial charge >= 0.3 is 0 Å². The number of hydrogen-bond acceptors (Lipinski definition) is 5. The summed E-state index contributed by atoms with van der Waals surface area (Å²) in [5, 5.41) is 12.5. The Morgan fingerprint density at radius 3 is 2.38 bits per heavy atom. The van der Waals surface area contributed by atoms with Gasteiger partial charge in [0.25, 0.3) is 0 Å². The van der Waals surface area contributed by atoms with E-state index in [1.807, 2.05) is 19.9 Å². The quantitative estimate of drug-likeness (QED) is 0.729. The lowest BCUT2D eigenvalue weighted by Gasteiger charge is -2.53. The molecule has 2 saturated carbocycles. The van der Waals surface area contributed by atoms with Crippen LogP contribution < -0.4 is 0 Å². The van der Waals surface area contributed by atoms with Gasteiger partial charge in [0.1, 0.15) is 5.60 Å². The number of rotatable bonds is 4. The van der Waals surface area contributed by atoms with E-state index in [2.05, 4.69) is 26.8 Å². The first-order valence-electron chi connectivity index (χ1n) is 10.7. The molecule has 0 radical (unpaired) electrons. The molecule has 29 heavy (non-hydrogen) atoms. The fourth-order valence-electron chi connectivity index (χ4n) is 7.85. The van der Waals surface area contributed by atoms with Crippen molar-refractivity contribution in [1.82, 2.24) is 0 Å². The van der Waals surface area contributed by atoms with Crippen molar-refractivity contribution in [1.29, 1.82) is 0 Å². The molecule has 5 nitrogen and oxygen atoms in total. The Morgan fingerprint density at radius 2 is 1.83 bits per heavy atom. The summed E-state index contributed by atoms with van der Waals surface area (Å²) in [4.78, 5) is 13.3. The topological polar surface area (TPSA) is 65.0 Å². The molecular formula is C24H36O5. The second-order valence-corrected chi connectivity index (χ2v) is 10.6. The van der Waals surface area contributed by atoms with Gasteiger partial charge in [-0.25, -0.2) is 0 Å². The molecule has 4 aliphatic rings. The van der Waals surface area contributed by atoms with E-state index in [1.165, 1.54) is 0 Å². The van der Waals surface area contributed by atoms with Crippen LogP contribution in [0.3, 0.4) is 0 Å². The van der Waals surface area contributed by atoms with E-state index in [-0.39, 0.29) is 41.0 Å². The van der Waals surface area contributed by atoms with Gasteiger partial charge in [0, 0.05) is 55.8 Å². The molecule has 0 heterocycles.